The number of hydrogen-bond donors (Lipinski definition) is 2. The predicted octanol–water partition coefficient (Wildman–Crippen LogP) is 2.19. The molecule has 2 N–H and O–H groups in total. The Balaban J connectivity index is 1.45. The number of rotatable bonds is 6. The highest BCUT2D eigenvalue weighted by Crippen LogP contribution is 2.20. The van der Waals surface area contributed by atoms with Gasteiger partial charge in [-0.3, -0.25) is 4.79 Å². The van der Waals surface area contributed by atoms with Crippen molar-refractivity contribution in [2.75, 3.05) is 6.54 Å². The number of para-hydroxylation sites is 1. The zero-order valence-corrected chi connectivity index (χ0v) is 10.8. The van der Waals surface area contributed by atoms with Crippen LogP contribution in [-0.4, -0.2) is 18.5 Å². The van der Waals surface area contributed by atoms with Crippen molar-refractivity contribution in [2.45, 2.75) is 31.8 Å². The predicted molar refractivity (Wildman–Crippen MR) is 73.7 cm³/mol. The average Bonchev–Trinajstić information content (AvgIpc) is 3.14. The maximum atomic E-state index is 11.5. The smallest absolute Gasteiger partial charge is 0.221 e. The number of hydrogen-bond acceptors (Lipinski definition) is 3. The summed E-state index contributed by atoms with van der Waals surface area (Å²) in [7, 11) is 0. The van der Waals surface area contributed by atoms with Crippen LogP contribution in [0.3, 0.4) is 0 Å². The van der Waals surface area contributed by atoms with Gasteiger partial charge in [-0.2, -0.15) is 0 Å². The summed E-state index contributed by atoms with van der Waals surface area (Å²) in [5, 5.41) is 7.40. The summed E-state index contributed by atoms with van der Waals surface area (Å²) >= 11 is 0. The Hall–Kier alpha value is -1.81. The fourth-order valence-electron chi connectivity index (χ4n) is 2.12. The number of nitrogens with one attached hydrogen (secondary N) is 2. The zero-order chi connectivity index (χ0) is 13.1. The summed E-state index contributed by atoms with van der Waals surface area (Å²) in [5.41, 5.74) is 2.05. The Morgan fingerprint density at radius 1 is 1.32 bits per heavy atom. The summed E-state index contributed by atoms with van der Waals surface area (Å²) in [4.78, 5) is 11.5. The van der Waals surface area contributed by atoms with E-state index in [2.05, 4.69) is 16.7 Å². The van der Waals surface area contributed by atoms with Gasteiger partial charge in [0, 0.05) is 36.5 Å². The SMILES string of the molecule is O=C(CCNCc1coc2ccccc12)NC1CC1. The van der Waals surface area contributed by atoms with Crippen LogP contribution in [0.4, 0.5) is 0 Å². The van der Waals surface area contributed by atoms with Crippen LogP contribution in [0.25, 0.3) is 11.0 Å². The third-order valence-corrected chi connectivity index (χ3v) is 3.35. The molecule has 0 unspecified atom stereocenters. The molecule has 100 valence electrons. The van der Waals surface area contributed by atoms with Gasteiger partial charge in [0.2, 0.25) is 5.91 Å². The number of fused-ring (bicyclic) bond motifs is 1. The Bertz CT molecular complexity index is 572. The summed E-state index contributed by atoms with van der Waals surface area (Å²) < 4.78 is 5.47. The molecule has 1 amide bonds. The van der Waals surface area contributed by atoms with E-state index in [0.717, 1.165) is 35.9 Å². The third-order valence-electron chi connectivity index (χ3n) is 3.35. The van der Waals surface area contributed by atoms with Gasteiger partial charge >= 0.3 is 0 Å². The van der Waals surface area contributed by atoms with E-state index in [1.165, 1.54) is 0 Å². The molecule has 19 heavy (non-hydrogen) atoms. The molecule has 1 fully saturated rings. The lowest BCUT2D eigenvalue weighted by atomic mass is 10.2. The van der Waals surface area contributed by atoms with Gasteiger partial charge in [0.15, 0.2) is 0 Å². The molecule has 0 spiro atoms. The van der Waals surface area contributed by atoms with Crippen molar-refractivity contribution in [3.05, 3.63) is 36.1 Å². The second-order valence-electron chi connectivity index (χ2n) is 5.03. The van der Waals surface area contributed by atoms with Gasteiger partial charge in [-0.15, -0.1) is 0 Å². The van der Waals surface area contributed by atoms with Crippen LogP contribution >= 0.6 is 0 Å². The normalized spacial score (nSPS) is 14.7. The molecule has 4 nitrogen and oxygen atoms in total. The average molecular weight is 258 g/mol. The van der Waals surface area contributed by atoms with Gasteiger partial charge in [-0.05, 0) is 18.9 Å². The molecule has 2 aromatic rings. The number of amides is 1. The van der Waals surface area contributed by atoms with Crippen LogP contribution < -0.4 is 10.6 Å². The van der Waals surface area contributed by atoms with Gasteiger partial charge in [-0.1, -0.05) is 18.2 Å². The van der Waals surface area contributed by atoms with Gasteiger partial charge in [0.1, 0.15) is 5.58 Å². The van der Waals surface area contributed by atoms with Crippen LogP contribution in [0.1, 0.15) is 24.8 Å². The Morgan fingerprint density at radius 3 is 3.00 bits per heavy atom. The fourth-order valence-corrected chi connectivity index (χ4v) is 2.12. The lowest BCUT2D eigenvalue weighted by molar-refractivity contribution is -0.121. The van der Waals surface area contributed by atoms with E-state index in [9.17, 15) is 4.79 Å². The number of carbonyl (C=O) groups is 1. The molecule has 1 aliphatic carbocycles. The van der Waals surface area contributed by atoms with Crippen LogP contribution in [0.5, 0.6) is 0 Å². The highest BCUT2D eigenvalue weighted by Gasteiger charge is 2.22. The molecule has 0 saturated heterocycles. The molecule has 0 atom stereocenters. The van der Waals surface area contributed by atoms with Crippen molar-refractivity contribution in [1.29, 1.82) is 0 Å². The van der Waals surface area contributed by atoms with Crippen LogP contribution in [0.2, 0.25) is 0 Å². The molecular weight excluding hydrogens is 240 g/mol. The lowest BCUT2D eigenvalue weighted by Gasteiger charge is -2.04. The first kappa shape index (κ1) is 12.2. The van der Waals surface area contributed by atoms with E-state index in [1.807, 2.05) is 18.2 Å². The Morgan fingerprint density at radius 2 is 2.16 bits per heavy atom. The van der Waals surface area contributed by atoms with E-state index in [0.29, 0.717) is 19.0 Å². The van der Waals surface area contributed by atoms with Gasteiger partial charge in [0.05, 0.1) is 6.26 Å². The van der Waals surface area contributed by atoms with Crippen molar-refractivity contribution >= 4 is 16.9 Å². The Kier molecular flexibility index (Phi) is 3.51. The Labute approximate surface area is 112 Å². The van der Waals surface area contributed by atoms with Gasteiger partial charge in [-0.25, -0.2) is 0 Å². The lowest BCUT2D eigenvalue weighted by Crippen LogP contribution is -2.28. The second kappa shape index (κ2) is 5.45. The number of carbonyl (C=O) groups excluding carboxylic acids is 1. The van der Waals surface area contributed by atoms with Crippen LogP contribution in [0, 0.1) is 0 Å². The minimum Gasteiger partial charge on any atom is -0.464 e. The molecule has 0 aliphatic heterocycles. The minimum atomic E-state index is 0.145. The number of benzene rings is 1. The van der Waals surface area contributed by atoms with E-state index in [-0.39, 0.29) is 5.91 Å². The standard InChI is InChI=1S/C15H18N2O2/c18-15(17-12-5-6-12)7-8-16-9-11-10-19-14-4-2-1-3-13(11)14/h1-4,10,12,16H,5-9H2,(H,17,18). The van der Waals surface area contributed by atoms with Crippen molar-refractivity contribution < 1.29 is 9.21 Å². The molecule has 1 saturated carbocycles. The highest BCUT2D eigenvalue weighted by molar-refractivity contribution is 5.80. The van der Waals surface area contributed by atoms with Gasteiger partial charge in [0.25, 0.3) is 0 Å². The minimum absolute atomic E-state index is 0.145. The van der Waals surface area contributed by atoms with Crippen molar-refractivity contribution in [3.63, 3.8) is 0 Å². The van der Waals surface area contributed by atoms with E-state index < -0.39 is 0 Å². The summed E-state index contributed by atoms with van der Waals surface area (Å²) in [5.74, 6) is 0.145. The molecule has 1 aromatic carbocycles. The molecule has 1 aromatic heterocycles. The second-order valence-corrected chi connectivity index (χ2v) is 5.03. The molecule has 4 heteroatoms. The highest BCUT2D eigenvalue weighted by atomic mass is 16.3. The summed E-state index contributed by atoms with van der Waals surface area (Å²) in [6.07, 6.45) is 4.59. The van der Waals surface area contributed by atoms with Crippen molar-refractivity contribution in [3.8, 4) is 0 Å². The van der Waals surface area contributed by atoms with Crippen LogP contribution in [-0.2, 0) is 11.3 Å². The fraction of sp³-hybridized carbons (Fsp3) is 0.400. The molecule has 3 rings (SSSR count). The first-order chi connectivity index (χ1) is 9.33. The molecule has 1 heterocycles. The van der Waals surface area contributed by atoms with E-state index >= 15 is 0 Å². The maximum Gasteiger partial charge on any atom is 0.221 e. The van der Waals surface area contributed by atoms with Crippen LogP contribution in [0.15, 0.2) is 34.9 Å². The molecule has 0 bridgehead atoms. The summed E-state index contributed by atoms with van der Waals surface area (Å²) in [6.45, 7) is 1.42. The number of furan rings is 1. The largest absolute Gasteiger partial charge is 0.464 e. The topological polar surface area (TPSA) is 54.3 Å². The zero-order valence-electron chi connectivity index (χ0n) is 10.8. The maximum absolute atomic E-state index is 11.5. The molecular formula is C15H18N2O2. The summed E-state index contributed by atoms with van der Waals surface area (Å²) in [6, 6.07) is 8.43. The van der Waals surface area contributed by atoms with Crippen molar-refractivity contribution in [2.24, 2.45) is 0 Å². The molecule has 0 radical (unpaired) electrons. The van der Waals surface area contributed by atoms with Gasteiger partial charge < -0.3 is 15.1 Å². The molecule has 1 aliphatic rings. The monoisotopic (exact) mass is 258 g/mol. The quantitative estimate of drug-likeness (QED) is 0.781. The first-order valence-corrected chi connectivity index (χ1v) is 6.78. The third kappa shape index (κ3) is 3.15. The van der Waals surface area contributed by atoms with Crippen molar-refractivity contribution in [1.82, 2.24) is 10.6 Å². The van der Waals surface area contributed by atoms with E-state index in [1.54, 1.807) is 6.26 Å². The first-order valence-electron chi connectivity index (χ1n) is 6.78. The van der Waals surface area contributed by atoms with E-state index in [4.69, 9.17) is 4.42 Å².